The van der Waals surface area contributed by atoms with Crippen LogP contribution in [0.15, 0.2) is 0 Å². The summed E-state index contributed by atoms with van der Waals surface area (Å²) in [5, 5.41) is 3.94. The number of hydrogen-bond donors (Lipinski definition) is 1. The van der Waals surface area contributed by atoms with E-state index in [-0.39, 0.29) is 0 Å². The van der Waals surface area contributed by atoms with Gasteiger partial charge in [0.2, 0.25) is 0 Å². The Balaban J connectivity index is 1.78. The molecular formula is C17H34N2. The molecule has 1 aliphatic carbocycles. The predicted molar refractivity (Wildman–Crippen MR) is 83.5 cm³/mol. The van der Waals surface area contributed by atoms with E-state index in [2.05, 4.69) is 37.9 Å². The second-order valence-corrected chi connectivity index (χ2v) is 7.76. The van der Waals surface area contributed by atoms with Crippen molar-refractivity contribution in [3.05, 3.63) is 0 Å². The highest BCUT2D eigenvalue weighted by Crippen LogP contribution is 2.37. The van der Waals surface area contributed by atoms with E-state index in [1.807, 2.05) is 0 Å². The first-order valence-electron chi connectivity index (χ1n) is 8.48. The van der Waals surface area contributed by atoms with Crippen LogP contribution in [0, 0.1) is 11.3 Å². The Morgan fingerprint density at radius 2 is 2.11 bits per heavy atom. The number of rotatable bonds is 5. The van der Waals surface area contributed by atoms with Crippen molar-refractivity contribution in [1.29, 1.82) is 0 Å². The van der Waals surface area contributed by atoms with Gasteiger partial charge in [-0.2, -0.15) is 0 Å². The zero-order chi connectivity index (χ0) is 13.9. The summed E-state index contributed by atoms with van der Waals surface area (Å²) >= 11 is 0. The van der Waals surface area contributed by atoms with Gasteiger partial charge in [0.05, 0.1) is 0 Å². The Morgan fingerprint density at radius 1 is 1.32 bits per heavy atom. The van der Waals surface area contributed by atoms with Crippen molar-refractivity contribution >= 4 is 0 Å². The maximum Gasteiger partial charge on any atom is 0.00818 e. The summed E-state index contributed by atoms with van der Waals surface area (Å²) in [6, 6.07) is 1.46. The van der Waals surface area contributed by atoms with Crippen LogP contribution in [0.3, 0.4) is 0 Å². The van der Waals surface area contributed by atoms with Gasteiger partial charge in [-0.1, -0.05) is 20.8 Å². The summed E-state index contributed by atoms with van der Waals surface area (Å²) in [5.74, 6) is 0.865. The van der Waals surface area contributed by atoms with Crippen LogP contribution in [0.25, 0.3) is 0 Å². The molecule has 2 rings (SSSR count). The van der Waals surface area contributed by atoms with Crippen LogP contribution < -0.4 is 5.32 Å². The first kappa shape index (κ1) is 15.3. The maximum atomic E-state index is 3.94. The highest BCUT2D eigenvalue weighted by Gasteiger charge is 2.33. The van der Waals surface area contributed by atoms with E-state index in [0.717, 1.165) is 12.0 Å². The maximum absolute atomic E-state index is 3.94. The Kier molecular flexibility index (Phi) is 5.30. The number of nitrogens with one attached hydrogen (secondary N) is 1. The summed E-state index contributed by atoms with van der Waals surface area (Å²) in [6.07, 6.45) is 8.25. The molecule has 112 valence electrons. The van der Waals surface area contributed by atoms with E-state index in [0.29, 0.717) is 11.5 Å². The lowest BCUT2D eigenvalue weighted by Crippen LogP contribution is -2.47. The van der Waals surface area contributed by atoms with Gasteiger partial charge in [-0.3, -0.25) is 0 Å². The van der Waals surface area contributed by atoms with E-state index in [4.69, 9.17) is 0 Å². The zero-order valence-electron chi connectivity index (χ0n) is 13.5. The Morgan fingerprint density at radius 3 is 2.74 bits per heavy atom. The molecular weight excluding hydrogens is 232 g/mol. The molecule has 19 heavy (non-hydrogen) atoms. The van der Waals surface area contributed by atoms with Crippen molar-refractivity contribution in [2.45, 2.75) is 78.3 Å². The topological polar surface area (TPSA) is 15.3 Å². The summed E-state index contributed by atoms with van der Waals surface area (Å²) < 4.78 is 0. The quantitative estimate of drug-likeness (QED) is 0.817. The molecule has 0 aromatic carbocycles. The molecule has 1 N–H and O–H groups in total. The molecule has 0 aromatic rings. The molecule has 1 heterocycles. The Hall–Kier alpha value is -0.0800. The smallest absolute Gasteiger partial charge is 0.00818 e. The standard InChI is InChI=1S/C17H34N2/c1-5-10-19-11-6-7-15(13-19)14(2)18-16-8-9-17(3,4)12-16/h14-16,18H,5-13H2,1-4H3. The van der Waals surface area contributed by atoms with Crippen LogP contribution in [0.1, 0.15) is 66.2 Å². The van der Waals surface area contributed by atoms with Gasteiger partial charge in [0.15, 0.2) is 0 Å². The first-order chi connectivity index (χ1) is 9.00. The van der Waals surface area contributed by atoms with Gasteiger partial charge in [0, 0.05) is 18.6 Å². The fourth-order valence-corrected chi connectivity index (χ4v) is 4.10. The lowest BCUT2D eigenvalue weighted by Gasteiger charge is -2.37. The number of piperidine rings is 1. The largest absolute Gasteiger partial charge is 0.311 e. The SMILES string of the molecule is CCCN1CCCC(C(C)NC2CCC(C)(C)C2)C1. The van der Waals surface area contributed by atoms with Crippen LogP contribution in [0.5, 0.6) is 0 Å². The lowest BCUT2D eigenvalue weighted by molar-refractivity contribution is 0.146. The normalized spacial score (nSPS) is 33.5. The molecule has 1 saturated carbocycles. The van der Waals surface area contributed by atoms with Gasteiger partial charge in [-0.15, -0.1) is 0 Å². The van der Waals surface area contributed by atoms with Crippen LogP contribution in [-0.2, 0) is 0 Å². The second-order valence-electron chi connectivity index (χ2n) is 7.76. The predicted octanol–water partition coefficient (Wildman–Crippen LogP) is 3.67. The van der Waals surface area contributed by atoms with Crippen LogP contribution in [0.2, 0.25) is 0 Å². The van der Waals surface area contributed by atoms with E-state index in [1.165, 1.54) is 58.2 Å². The van der Waals surface area contributed by atoms with Crippen molar-refractivity contribution in [3.8, 4) is 0 Å². The lowest BCUT2D eigenvalue weighted by atomic mass is 9.90. The number of nitrogens with zero attached hydrogens (tertiary/aromatic N) is 1. The first-order valence-corrected chi connectivity index (χ1v) is 8.48. The average molecular weight is 266 g/mol. The van der Waals surface area contributed by atoms with Crippen molar-refractivity contribution in [2.24, 2.45) is 11.3 Å². The van der Waals surface area contributed by atoms with Gasteiger partial charge >= 0.3 is 0 Å². The van der Waals surface area contributed by atoms with E-state index < -0.39 is 0 Å². The van der Waals surface area contributed by atoms with E-state index in [9.17, 15) is 0 Å². The molecule has 2 aliphatic rings. The Bertz CT molecular complexity index is 272. The molecule has 0 spiro atoms. The van der Waals surface area contributed by atoms with Gasteiger partial charge in [0.25, 0.3) is 0 Å². The third-order valence-electron chi connectivity index (χ3n) is 5.26. The van der Waals surface area contributed by atoms with E-state index in [1.54, 1.807) is 0 Å². The summed E-state index contributed by atoms with van der Waals surface area (Å²) in [7, 11) is 0. The molecule has 3 unspecified atom stereocenters. The molecule has 2 heteroatoms. The third kappa shape index (κ3) is 4.46. The molecule has 2 nitrogen and oxygen atoms in total. The molecule has 1 saturated heterocycles. The van der Waals surface area contributed by atoms with Crippen LogP contribution in [-0.4, -0.2) is 36.6 Å². The summed E-state index contributed by atoms with van der Waals surface area (Å²) in [4.78, 5) is 2.67. The van der Waals surface area contributed by atoms with Crippen molar-refractivity contribution in [2.75, 3.05) is 19.6 Å². The minimum Gasteiger partial charge on any atom is -0.311 e. The van der Waals surface area contributed by atoms with Crippen molar-refractivity contribution < 1.29 is 0 Å². The molecule has 0 bridgehead atoms. The molecule has 0 aromatic heterocycles. The fourth-order valence-electron chi connectivity index (χ4n) is 4.10. The minimum atomic E-state index is 0.568. The fraction of sp³-hybridized carbons (Fsp3) is 1.00. The number of likely N-dealkylation sites (tertiary alicyclic amines) is 1. The molecule has 0 amide bonds. The highest BCUT2D eigenvalue weighted by atomic mass is 15.1. The Labute approximate surface area is 120 Å². The van der Waals surface area contributed by atoms with Gasteiger partial charge in [0.1, 0.15) is 0 Å². The molecule has 2 fully saturated rings. The van der Waals surface area contributed by atoms with Crippen LogP contribution in [0.4, 0.5) is 0 Å². The zero-order valence-corrected chi connectivity index (χ0v) is 13.5. The third-order valence-corrected chi connectivity index (χ3v) is 5.26. The minimum absolute atomic E-state index is 0.568. The molecule has 3 atom stereocenters. The van der Waals surface area contributed by atoms with Gasteiger partial charge in [-0.05, 0) is 69.9 Å². The monoisotopic (exact) mass is 266 g/mol. The van der Waals surface area contributed by atoms with Gasteiger partial charge < -0.3 is 10.2 Å². The van der Waals surface area contributed by atoms with Crippen molar-refractivity contribution in [1.82, 2.24) is 10.2 Å². The summed E-state index contributed by atoms with van der Waals surface area (Å²) in [5.41, 5.74) is 0.568. The van der Waals surface area contributed by atoms with Crippen LogP contribution >= 0.6 is 0 Å². The van der Waals surface area contributed by atoms with Gasteiger partial charge in [-0.25, -0.2) is 0 Å². The molecule has 0 radical (unpaired) electrons. The summed E-state index contributed by atoms with van der Waals surface area (Å²) in [6.45, 7) is 13.5. The molecule has 1 aliphatic heterocycles. The van der Waals surface area contributed by atoms with Crippen molar-refractivity contribution in [3.63, 3.8) is 0 Å². The highest BCUT2D eigenvalue weighted by molar-refractivity contribution is 4.90. The average Bonchev–Trinajstić information content (AvgIpc) is 2.69. The number of hydrogen-bond acceptors (Lipinski definition) is 2. The van der Waals surface area contributed by atoms with E-state index >= 15 is 0 Å². The second kappa shape index (κ2) is 6.58.